The first-order valence-electron chi connectivity index (χ1n) is 7.21. The van der Waals surface area contributed by atoms with E-state index in [9.17, 15) is 0 Å². The van der Waals surface area contributed by atoms with E-state index in [4.69, 9.17) is 0 Å². The van der Waals surface area contributed by atoms with Crippen LogP contribution < -0.4 is 0 Å². The number of aromatic nitrogens is 6. The fourth-order valence-electron chi connectivity index (χ4n) is 2.37. The van der Waals surface area contributed by atoms with Gasteiger partial charge in [-0.1, -0.05) is 36.0 Å². The van der Waals surface area contributed by atoms with Crippen molar-refractivity contribution < 1.29 is 0 Å². The van der Waals surface area contributed by atoms with Crippen LogP contribution in [0, 0.1) is 6.92 Å². The largest absolute Gasteiger partial charge is 0.333 e. The Hall–Kier alpha value is -2.67. The highest BCUT2D eigenvalue weighted by molar-refractivity contribution is 7.98. The molecule has 0 bridgehead atoms. The number of fused-ring (bicyclic) bond motifs is 1. The van der Waals surface area contributed by atoms with E-state index in [1.807, 2.05) is 36.4 Å². The number of nitrogens with zero attached hydrogens (tertiary/aromatic N) is 5. The second-order valence-electron chi connectivity index (χ2n) is 5.19. The normalized spacial score (nSPS) is 11.2. The Morgan fingerprint density at radius 1 is 1.13 bits per heavy atom. The maximum Gasteiger partial charge on any atom is 0.167 e. The number of benzene rings is 2. The summed E-state index contributed by atoms with van der Waals surface area (Å²) in [6.45, 7) is 2.07. The molecule has 114 valence electrons. The highest BCUT2D eigenvalue weighted by Gasteiger charge is 2.10. The fraction of sp³-hybridized carbons (Fsp3) is 0.125. The molecule has 7 heteroatoms. The number of aromatic amines is 1. The van der Waals surface area contributed by atoms with Crippen molar-refractivity contribution in [2.75, 3.05) is 0 Å². The van der Waals surface area contributed by atoms with Crippen molar-refractivity contribution in [3.63, 3.8) is 0 Å². The van der Waals surface area contributed by atoms with E-state index in [0.717, 1.165) is 27.7 Å². The van der Waals surface area contributed by atoms with E-state index >= 15 is 0 Å². The minimum Gasteiger partial charge on any atom is -0.333 e. The number of imidazole rings is 1. The summed E-state index contributed by atoms with van der Waals surface area (Å²) < 4.78 is 1.75. The average molecular weight is 322 g/mol. The van der Waals surface area contributed by atoms with Crippen molar-refractivity contribution in [3.8, 4) is 5.69 Å². The van der Waals surface area contributed by atoms with Gasteiger partial charge in [-0.15, -0.1) is 5.10 Å². The van der Waals surface area contributed by atoms with E-state index in [1.54, 1.807) is 16.4 Å². The average Bonchev–Trinajstić information content (AvgIpc) is 3.19. The van der Waals surface area contributed by atoms with Crippen LogP contribution in [0.3, 0.4) is 0 Å². The molecule has 4 rings (SSSR count). The quantitative estimate of drug-likeness (QED) is 0.584. The Morgan fingerprint density at radius 2 is 2.00 bits per heavy atom. The third-order valence-electron chi connectivity index (χ3n) is 3.49. The number of H-pyrrole nitrogens is 1. The van der Waals surface area contributed by atoms with Crippen LogP contribution in [0.4, 0.5) is 0 Å². The number of thioether (sulfide) groups is 1. The number of para-hydroxylation sites is 1. The van der Waals surface area contributed by atoms with Crippen LogP contribution in [0.25, 0.3) is 16.7 Å². The monoisotopic (exact) mass is 322 g/mol. The highest BCUT2D eigenvalue weighted by atomic mass is 32.2. The summed E-state index contributed by atoms with van der Waals surface area (Å²) in [6.07, 6.45) is 0. The Morgan fingerprint density at radius 3 is 2.87 bits per heavy atom. The molecule has 6 nitrogen and oxygen atoms in total. The summed E-state index contributed by atoms with van der Waals surface area (Å²) >= 11 is 1.59. The summed E-state index contributed by atoms with van der Waals surface area (Å²) in [5, 5.41) is 12.8. The van der Waals surface area contributed by atoms with Gasteiger partial charge in [0.1, 0.15) is 0 Å². The van der Waals surface area contributed by atoms with Crippen LogP contribution in [-0.2, 0) is 5.75 Å². The number of hydrogen-bond acceptors (Lipinski definition) is 5. The van der Waals surface area contributed by atoms with Crippen LogP contribution >= 0.6 is 11.8 Å². The zero-order valence-electron chi connectivity index (χ0n) is 12.5. The van der Waals surface area contributed by atoms with Crippen molar-refractivity contribution in [1.82, 2.24) is 30.2 Å². The molecule has 0 saturated heterocycles. The Balaban J connectivity index is 1.56. The first-order valence-corrected chi connectivity index (χ1v) is 8.20. The first-order chi connectivity index (χ1) is 11.3. The van der Waals surface area contributed by atoms with Gasteiger partial charge in [-0.05, 0) is 47.2 Å². The molecule has 0 unspecified atom stereocenters. The molecule has 0 aliphatic rings. The minimum absolute atomic E-state index is 0.640. The number of rotatable bonds is 4. The predicted molar refractivity (Wildman–Crippen MR) is 89.5 cm³/mol. The van der Waals surface area contributed by atoms with Crippen LogP contribution in [0.15, 0.2) is 53.7 Å². The maximum absolute atomic E-state index is 4.59. The topological polar surface area (TPSA) is 72.3 Å². The third-order valence-corrected chi connectivity index (χ3v) is 4.36. The Labute approximate surface area is 136 Å². The molecule has 23 heavy (non-hydrogen) atoms. The van der Waals surface area contributed by atoms with E-state index in [2.05, 4.69) is 44.5 Å². The van der Waals surface area contributed by atoms with Crippen LogP contribution in [0.2, 0.25) is 0 Å². The van der Waals surface area contributed by atoms with Gasteiger partial charge in [0.2, 0.25) is 0 Å². The molecule has 2 aromatic heterocycles. The Kier molecular flexibility index (Phi) is 3.55. The molecule has 0 aliphatic carbocycles. The summed E-state index contributed by atoms with van der Waals surface area (Å²) in [4.78, 5) is 7.92. The van der Waals surface area contributed by atoms with Gasteiger partial charge in [0.25, 0.3) is 0 Å². The van der Waals surface area contributed by atoms with Gasteiger partial charge < -0.3 is 4.98 Å². The number of aryl methyl sites for hydroxylation is 1. The SMILES string of the molecule is Cc1ccc2nc(SCc3nnnn3-c3ccccc3)[nH]c2c1. The van der Waals surface area contributed by atoms with E-state index in [0.29, 0.717) is 5.75 Å². The molecule has 0 saturated carbocycles. The molecule has 0 aliphatic heterocycles. The molecule has 0 fully saturated rings. The molecule has 0 atom stereocenters. The van der Waals surface area contributed by atoms with Gasteiger partial charge >= 0.3 is 0 Å². The Bertz CT molecular complexity index is 944. The van der Waals surface area contributed by atoms with Crippen molar-refractivity contribution >= 4 is 22.8 Å². The van der Waals surface area contributed by atoms with E-state index in [1.165, 1.54) is 5.56 Å². The lowest BCUT2D eigenvalue weighted by molar-refractivity contribution is 0.777. The second-order valence-corrected chi connectivity index (χ2v) is 6.16. The van der Waals surface area contributed by atoms with Crippen LogP contribution in [0.1, 0.15) is 11.4 Å². The van der Waals surface area contributed by atoms with E-state index < -0.39 is 0 Å². The predicted octanol–water partition coefficient (Wildman–Crippen LogP) is 3.14. The molecule has 4 aromatic rings. The van der Waals surface area contributed by atoms with Crippen LogP contribution in [0.5, 0.6) is 0 Å². The molecule has 2 heterocycles. The third kappa shape index (κ3) is 2.83. The molecule has 0 amide bonds. The zero-order chi connectivity index (χ0) is 15.6. The number of hydrogen-bond donors (Lipinski definition) is 1. The lowest BCUT2D eigenvalue weighted by Gasteiger charge is -2.02. The van der Waals surface area contributed by atoms with E-state index in [-0.39, 0.29) is 0 Å². The van der Waals surface area contributed by atoms with Gasteiger partial charge in [-0.2, -0.15) is 4.68 Å². The van der Waals surface area contributed by atoms with Gasteiger partial charge in [-0.3, -0.25) is 0 Å². The van der Waals surface area contributed by atoms with Gasteiger partial charge in [-0.25, -0.2) is 4.98 Å². The smallest absolute Gasteiger partial charge is 0.167 e. The van der Waals surface area contributed by atoms with Gasteiger partial charge in [0.15, 0.2) is 11.0 Å². The summed E-state index contributed by atoms with van der Waals surface area (Å²) in [5.74, 6) is 1.43. The minimum atomic E-state index is 0.640. The van der Waals surface area contributed by atoms with Crippen molar-refractivity contribution in [1.29, 1.82) is 0 Å². The molecular formula is C16H14N6S. The summed E-state index contributed by atoms with van der Waals surface area (Å²) in [5.41, 5.74) is 4.19. The first kappa shape index (κ1) is 14.0. The van der Waals surface area contributed by atoms with Gasteiger partial charge in [0.05, 0.1) is 22.5 Å². The summed E-state index contributed by atoms with van der Waals surface area (Å²) in [7, 11) is 0. The molecule has 2 aromatic carbocycles. The van der Waals surface area contributed by atoms with Crippen LogP contribution in [-0.4, -0.2) is 30.2 Å². The van der Waals surface area contributed by atoms with Crippen molar-refractivity contribution in [2.24, 2.45) is 0 Å². The molecule has 0 radical (unpaired) electrons. The summed E-state index contributed by atoms with van der Waals surface area (Å²) in [6, 6.07) is 16.1. The lowest BCUT2D eigenvalue weighted by Crippen LogP contribution is -2.01. The lowest BCUT2D eigenvalue weighted by atomic mass is 10.2. The molecule has 0 spiro atoms. The fourth-order valence-corrected chi connectivity index (χ4v) is 3.16. The molecular weight excluding hydrogens is 308 g/mol. The van der Waals surface area contributed by atoms with Gasteiger partial charge in [0, 0.05) is 0 Å². The second kappa shape index (κ2) is 5.85. The highest BCUT2D eigenvalue weighted by Crippen LogP contribution is 2.23. The van der Waals surface area contributed by atoms with Crippen molar-refractivity contribution in [2.45, 2.75) is 17.8 Å². The maximum atomic E-state index is 4.59. The number of nitrogens with one attached hydrogen (secondary N) is 1. The number of tetrazole rings is 1. The zero-order valence-corrected chi connectivity index (χ0v) is 13.3. The molecule has 1 N–H and O–H groups in total. The standard InChI is InChI=1S/C16H14N6S/c1-11-7-8-13-14(9-11)18-16(17-13)23-10-15-19-20-21-22(15)12-5-3-2-4-6-12/h2-9H,10H2,1H3,(H,17,18). The van der Waals surface area contributed by atoms with Crippen molar-refractivity contribution in [3.05, 3.63) is 59.9 Å².